The average Bonchev–Trinajstić information content (AvgIpc) is 2.29. The predicted octanol–water partition coefficient (Wildman–Crippen LogP) is 3.16. The lowest BCUT2D eigenvalue weighted by molar-refractivity contribution is -0.115. The Balaban J connectivity index is 2.45. The smallest absolute Gasteiger partial charge is 0.225 e. The monoisotopic (exact) mass is 257 g/mol. The number of aryl methyl sites for hydroxylation is 1. The quantitative estimate of drug-likeness (QED) is 0.794. The Labute approximate surface area is 106 Å². The van der Waals surface area contributed by atoms with Gasteiger partial charge in [-0.25, -0.2) is 0 Å². The maximum absolute atomic E-state index is 11.4. The Morgan fingerprint density at radius 3 is 2.62 bits per heavy atom. The fourth-order valence-corrected chi connectivity index (χ4v) is 1.89. The molecule has 2 nitrogen and oxygen atoms in total. The lowest BCUT2D eigenvalue weighted by atomic mass is 10.1. The number of amides is 1. The molecule has 0 bridgehead atoms. The minimum atomic E-state index is 0.0689. The molecule has 0 aliphatic heterocycles. The Morgan fingerprint density at radius 2 is 2.06 bits per heavy atom. The number of anilines is 1. The van der Waals surface area contributed by atoms with Crippen molar-refractivity contribution in [3.63, 3.8) is 0 Å². The Hall–Kier alpha value is -0.670. The molecule has 0 radical (unpaired) electrons. The summed E-state index contributed by atoms with van der Waals surface area (Å²) < 4.78 is 0. The summed E-state index contributed by atoms with van der Waals surface area (Å²) in [5, 5.41) is 2.86. The third-order valence-corrected chi connectivity index (χ3v) is 2.96. The molecule has 16 heavy (non-hydrogen) atoms. The maximum atomic E-state index is 11.4. The van der Waals surface area contributed by atoms with E-state index in [2.05, 4.69) is 5.32 Å². The lowest BCUT2D eigenvalue weighted by Crippen LogP contribution is -2.11. The first-order valence-electron chi connectivity index (χ1n) is 5.20. The molecule has 0 aliphatic carbocycles. The van der Waals surface area contributed by atoms with Crippen molar-refractivity contribution in [1.29, 1.82) is 0 Å². The van der Waals surface area contributed by atoms with Crippen molar-refractivity contribution < 1.29 is 4.79 Å². The fraction of sp³-hybridized carbons (Fsp3) is 0.417. The molecule has 88 valence electrons. The summed E-state index contributed by atoms with van der Waals surface area (Å²) >= 11 is 7.32. The van der Waals surface area contributed by atoms with Crippen LogP contribution in [0.3, 0.4) is 0 Å². The molecule has 0 unspecified atom stereocenters. The first-order valence-corrected chi connectivity index (χ1v) is 7.13. The number of benzene rings is 1. The number of rotatable bonds is 6. The van der Waals surface area contributed by atoms with Crippen LogP contribution in [0.2, 0.25) is 0 Å². The first-order chi connectivity index (χ1) is 7.76. The van der Waals surface area contributed by atoms with E-state index in [0.717, 1.165) is 17.9 Å². The number of halogens is 1. The molecule has 1 aromatic rings. The van der Waals surface area contributed by atoms with E-state index in [1.165, 1.54) is 5.56 Å². The van der Waals surface area contributed by atoms with Crippen LogP contribution in [0.5, 0.6) is 0 Å². The van der Waals surface area contributed by atoms with E-state index in [1.54, 1.807) is 11.8 Å². The van der Waals surface area contributed by atoms with E-state index in [9.17, 15) is 4.79 Å². The normalized spacial score (nSPS) is 10.1. The summed E-state index contributed by atoms with van der Waals surface area (Å²) in [5.41, 5.74) is 2.04. The summed E-state index contributed by atoms with van der Waals surface area (Å²) in [7, 11) is 0. The van der Waals surface area contributed by atoms with Gasteiger partial charge >= 0.3 is 0 Å². The van der Waals surface area contributed by atoms with Gasteiger partial charge in [0, 0.05) is 23.7 Å². The highest BCUT2D eigenvalue weighted by molar-refractivity contribution is 7.98. The topological polar surface area (TPSA) is 29.1 Å². The van der Waals surface area contributed by atoms with Crippen LogP contribution in [-0.4, -0.2) is 23.8 Å². The number of carbonyl (C=O) groups is 1. The van der Waals surface area contributed by atoms with E-state index in [-0.39, 0.29) is 5.91 Å². The standard InChI is InChI=1S/C12H16ClNOS/c1-16-9-7-12(15)14-11-4-2-10(3-5-11)6-8-13/h2-5H,6-9H2,1H3,(H,14,15). The molecule has 1 aromatic carbocycles. The molecule has 0 fully saturated rings. The van der Waals surface area contributed by atoms with Gasteiger partial charge in [-0.3, -0.25) is 4.79 Å². The van der Waals surface area contributed by atoms with Crippen molar-refractivity contribution in [2.24, 2.45) is 0 Å². The predicted molar refractivity (Wildman–Crippen MR) is 72.5 cm³/mol. The van der Waals surface area contributed by atoms with Crippen molar-refractivity contribution in [2.45, 2.75) is 12.8 Å². The fourth-order valence-electron chi connectivity index (χ4n) is 1.28. The summed E-state index contributed by atoms with van der Waals surface area (Å²) in [6, 6.07) is 7.82. The van der Waals surface area contributed by atoms with Gasteiger partial charge in [0.15, 0.2) is 0 Å². The number of nitrogens with one attached hydrogen (secondary N) is 1. The molecule has 0 aliphatic rings. The van der Waals surface area contributed by atoms with Crippen LogP contribution in [0.25, 0.3) is 0 Å². The van der Waals surface area contributed by atoms with Gasteiger partial charge in [0.1, 0.15) is 0 Å². The second-order valence-electron chi connectivity index (χ2n) is 3.43. The van der Waals surface area contributed by atoms with Gasteiger partial charge in [-0.15, -0.1) is 11.6 Å². The molecule has 0 saturated carbocycles. The summed E-state index contributed by atoms with van der Waals surface area (Å²) in [6.07, 6.45) is 3.42. The van der Waals surface area contributed by atoms with Crippen LogP contribution in [-0.2, 0) is 11.2 Å². The summed E-state index contributed by atoms with van der Waals surface area (Å²) in [4.78, 5) is 11.4. The van der Waals surface area contributed by atoms with Gasteiger partial charge in [0.2, 0.25) is 5.91 Å². The van der Waals surface area contributed by atoms with E-state index in [1.807, 2.05) is 30.5 Å². The highest BCUT2D eigenvalue weighted by atomic mass is 35.5. The van der Waals surface area contributed by atoms with Gasteiger partial charge in [-0.05, 0) is 30.4 Å². The molecule has 1 N–H and O–H groups in total. The van der Waals surface area contributed by atoms with E-state index in [4.69, 9.17) is 11.6 Å². The lowest BCUT2D eigenvalue weighted by Gasteiger charge is -2.05. The molecule has 0 saturated heterocycles. The highest BCUT2D eigenvalue weighted by Gasteiger charge is 2.01. The Bertz CT molecular complexity index is 326. The zero-order chi connectivity index (χ0) is 11.8. The van der Waals surface area contributed by atoms with Gasteiger partial charge in [0.25, 0.3) is 0 Å². The van der Waals surface area contributed by atoms with Crippen molar-refractivity contribution in [1.82, 2.24) is 0 Å². The van der Waals surface area contributed by atoms with E-state index < -0.39 is 0 Å². The van der Waals surface area contributed by atoms with Crippen molar-refractivity contribution in [2.75, 3.05) is 23.2 Å². The van der Waals surface area contributed by atoms with Crippen LogP contribution >= 0.6 is 23.4 Å². The molecule has 0 aromatic heterocycles. The zero-order valence-electron chi connectivity index (χ0n) is 9.33. The van der Waals surface area contributed by atoms with Crippen LogP contribution in [0.15, 0.2) is 24.3 Å². The van der Waals surface area contributed by atoms with Crippen LogP contribution in [0.1, 0.15) is 12.0 Å². The number of hydrogen-bond acceptors (Lipinski definition) is 2. The number of carbonyl (C=O) groups excluding carboxylic acids is 1. The van der Waals surface area contributed by atoms with Crippen molar-refractivity contribution >= 4 is 35.0 Å². The minimum absolute atomic E-state index is 0.0689. The maximum Gasteiger partial charge on any atom is 0.225 e. The van der Waals surface area contributed by atoms with Crippen molar-refractivity contribution in [3.05, 3.63) is 29.8 Å². The second kappa shape index (κ2) is 7.58. The molecular weight excluding hydrogens is 242 g/mol. The molecule has 1 amide bonds. The largest absolute Gasteiger partial charge is 0.326 e. The van der Waals surface area contributed by atoms with Crippen LogP contribution in [0.4, 0.5) is 5.69 Å². The third-order valence-electron chi connectivity index (χ3n) is 2.15. The first kappa shape index (κ1) is 13.4. The van der Waals surface area contributed by atoms with Crippen molar-refractivity contribution in [3.8, 4) is 0 Å². The number of alkyl halides is 1. The summed E-state index contributed by atoms with van der Waals surface area (Å²) in [5.74, 6) is 1.55. The average molecular weight is 258 g/mol. The van der Waals surface area contributed by atoms with Gasteiger partial charge in [-0.2, -0.15) is 11.8 Å². The minimum Gasteiger partial charge on any atom is -0.326 e. The molecule has 0 spiro atoms. The van der Waals surface area contributed by atoms with Gasteiger partial charge in [-0.1, -0.05) is 12.1 Å². The van der Waals surface area contributed by atoms with E-state index in [0.29, 0.717) is 12.3 Å². The Kier molecular flexibility index (Phi) is 6.34. The molecule has 0 heterocycles. The molecule has 4 heteroatoms. The third kappa shape index (κ3) is 4.90. The van der Waals surface area contributed by atoms with Crippen LogP contribution < -0.4 is 5.32 Å². The summed E-state index contributed by atoms with van der Waals surface area (Å²) in [6.45, 7) is 0. The molecular formula is C12H16ClNOS. The molecule has 1 rings (SSSR count). The highest BCUT2D eigenvalue weighted by Crippen LogP contribution is 2.11. The Morgan fingerprint density at radius 1 is 1.38 bits per heavy atom. The van der Waals surface area contributed by atoms with Gasteiger partial charge in [0.05, 0.1) is 0 Å². The van der Waals surface area contributed by atoms with Gasteiger partial charge < -0.3 is 5.32 Å². The SMILES string of the molecule is CSCCC(=O)Nc1ccc(CCCl)cc1. The van der Waals surface area contributed by atoms with E-state index >= 15 is 0 Å². The number of thioether (sulfide) groups is 1. The number of hydrogen-bond donors (Lipinski definition) is 1. The second-order valence-corrected chi connectivity index (χ2v) is 4.79. The zero-order valence-corrected chi connectivity index (χ0v) is 10.9. The van der Waals surface area contributed by atoms with Crippen LogP contribution in [0, 0.1) is 0 Å². The molecule has 0 atom stereocenters.